The van der Waals surface area contributed by atoms with E-state index in [1.807, 2.05) is 0 Å². The third kappa shape index (κ3) is 2.91. The van der Waals surface area contributed by atoms with Crippen molar-refractivity contribution in [2.75, 3.05) is 0 Å². The van der Waals surface area contributed by atoms with Gasteiger partial charge < -0.3 is 4.42 Å². The minimum Gasteiger partial charge on any atom is -0.408 e. The van der Waals surface area contributed by atoms with Gasteiger partial charge in [0.1, 0.15) is 9.99 Å². The maximum atomic E-state index is 12.6. The molecule has 3 heterocycles. The van der Waals surface area contributed by atoms with Crippen molar-refractivity contribution < 1.29 is 9.34 Å². The highest BCUT2D eigenvalue weighted by Crippen LogP contribution is 2.20. The minimum atomic E-state index is -0.605. The van der Waals surface area contributed by atoms with Crippen molar-refractivity contribution in [3.05, 3.63) is 60.1 Å². The third-order valence-electron chi connectivity index (χ3n) is 4.41. The van der Waals surface area contributed by atoms with Gasteiger partial charge in [-0.05, 0) is 28.4 Å². The molecule has 0 aliphatic rings. The van der Waals surface area contributed by atoms with Crippen molar-refractivity contribution in [3.63, 3.8) is 0 Å². The zero-order valence-electron chi connectivity index (χ0n) is 14.5. The van der Waals surface area contributed by atoms with E-state index in [-0.39, 0.29) is 23.4 Å². The maximum Gasteiger partial charge on any atom is 0.419 e. The van der Waals surface area contributed by atoms with E-state index in [9.17, 15) is 19.7 Å². The summed E-state index contributed by atoms with van der Waals surface area (Å²) in [6, 6.07) is 3.97. The number of nitrogens with zero attached hydrogens (tertiary/aromatic N) is 6. The summed E-state index contributed by atoms with van der Waals surface area (Å²) in [5, 5.41) is 15.5. The van der Waals surface area contributed by atoms with Crippen LogP contribution in [0, 0.1) is 10.1 Å². The zero-order chi connectivity index (χ0) is 20.0. The van der Waals surface area contributed by atoms with Crippen LogP contribution in [0.4, 0.5) is 5.69 Å². The maximum absolute atomic E-state index is 12.6. The molecule has 144 valence electrons. The fourth-order valence-electron chi connectivity index (χ4n) is 3.07. The van der Waals surface area contributed by atoms with Gasteiger partial charge in [-0.15, -0.1) is 0 Å². The van der Waals surface area contributed by atoms with Crippen LogP contribution in [0.5, 0.6) is 0 Å². The number of aromatic nitrogens is 5. The van der Waals surface area contributed by atoms with E-state index in [1.165, 1.54) is 38.3 Å². The summed E-state index contributed by atoms with van der Waals surface area (Å²) in [7, 11) is 1.69. The number of oxazole rings is 1. The van der Waals surface area contributed by atoms with Crippen LogP contribution in [0.1, 0.15) is 6.42 Å². The lowest BCUT2D eigenvalue weighted by Gasteiger charge is -2.06. The van der Waals surface area contributed by atoms with Gasteiger partial charge in [0.15, 0.2) is 11.2 Å². The second-order valence-electron chi connectivity index (χ2n) is 6.14. The number of non-ortho nitro benzene ring substituents is 1. The molecule has 0 spiro atoms. The average molecular weight is 449 g/mol. The highest BCUT2D eigenvalue weighted by Gasteiger charge is 2.15. The predicted octanol–water partition coefficient (Wildman–Crippen LogP) is 1.80. The van der Waals surface area contributed by atoms with Crippen molar-refractivity contribution in [1.29, 1.82) is 0 Å². The molecule has 12 heteroatoms. The first kappa shape index (κ1) is 18.1. The van der Waals surface area contributed by atoms with Gasteiger partial charge in [0.05, 0.1) is 16.8 Å². The Bertz CT molecular complexity index is 1350. The van der Waals surface area contributed by atoms with Crippen LogP contribution in [0.15, 0.2) is 43.1 Å². The van der Waals surface area contributed by atoms with Crippen molar-refractivity contribution in [2.24, 2.45) is 7.05 Å². The van der Waals surface area contributed by atoms with E-state index in [0.29, 0.717) is 34.1 Å². The molecule has 0 saturated carbocycles. The predicted molar refractivity (Wildman–Crippen MR) is 102 cm³/mol. The topological polar surface area (TPSA) is 131 Å². The van der Waals surface area contributed by atoms with Crippen molar-refractivity contribution in [2.45, 2.75) is 19.5 Å². The number of fused-ring (bicyclic) bond motifs is 2. The molecule has 3 aromatic heterocycles. The van der Waals surface area contributed by atoms with E-state index >= 15 is 0 Å². The van der Waals surface area contributed by atoms with Crippen LogP contribution in [0.2, 0.25) is 0 Å². The molecular formula is C16H13BrN6O5. The number of benzene rings is 1. The lowest BCUT2D eigenvalue weighted by atomic mass is 10.3. The Morgan fingerprint density at radius 1 is 1.29 bits per heavy atom. The van der Waals surface area contributed by atoms with Gasteiger partial charge in [-0.3, -0.25) is 24.0 Å². The molecule has 0 aliphatic heterocycles. The van der Waals surface area contributed by atoms with E-state index in [0.717, 1.165) is 0 Å². The van der Waals surface area contributed by atoms with Gasteiger partial charge in [-0.2, -0.15) is 5.10 Å². The molecular weight excluding hydrogens is 436 g/mol. The molecule has 0 fully saturated rings. The molecule has 0 unspecified atom stereocenters. The summed E-state index contributed by atoms with van der Waals surface area (Å²) < 4.78 is 9.80. The molecule has 0 aliphatic carbocycles. The number of nitro groups is 1. The third-order valence-corrected chi connectivity index (χ3v) is 4.97. The number of hydrogen-bond donors (Lipinski definition) is 0. The molecule has 28 heavy (non-hydrogen) atoms. The second-order valence-corrected chi connectivity index (χ2v) is 6.89. The molecule has 0 saturated heterocycles. The molecule has 4 rings (SSSR count). The molecule has 0 atom stereocenters. The van der Waals surface area contributed by atoms with Crippen LogP contribution in [0.3, 0.4) is 0 Å². The van der Waals surface area contributed by atoms with Crippen LogP contribution in [0.25, 0.3) is 22.1 Å². The summed E-state index contributed by atoms with van der Waals surface area (Å²) in [5.41, 5.74) is 0.710. The molecule has 0 bridgehead atoms. The standard InChI is InChI=1S/C16H13BrN6O5/c1-20-14-12(13(17)19-20)15(24)21(8-18-14)5-2-6-22-10-7-9(23(26)27)3-4-11(10)28-16(22)25/h3-4,7-8H,2,5-6H2,1H3. The first-order valence-electron chi connectivity index (χ1n) is 8.22. The SMILES string of the molecule is Cn1nc(Br)c2c(=O)n(CCCn3c(=O)oc4ccc([N+](=O)[O-])cc43)cnc21. The van der Waals surface area contributed by atoms with Gasteiger partial charge in [0.2, 0.25) is 0 Å². The molecule has 0 radical (unpaired) electrons. The van der Waals surface area contributed by atoms with E-state index in [1.54, 1.807) is 7.05 Å². The first-order chi connectivity index (χ1) is 13.4. The Labute approximate surface area is 164 Å². The number of halogens is 1. The fourth-order valence-corrected chi connectivity index (χ4v) is 3.65. The highest BCUT2D eigenvalue weighted by molar-refractivity contribution is 9.10. The molecule has 4 aromatic rings. The Morgan fingerprint density at radius 2 is 2.07 bits per heavy atom. The van der Waals surface area contributed by atoms with Gasteiger partial charge in [-0.25, -0.2) is 14.5 Å². The zero-order valence-corrected chi connectivity index (χ0v) is 16.1. The normalized spacial score (nSPS) is 11.5. The quantitative estimate of drug-likeness (QED) is 0.335. The monoisotopic (exact) mass is 448 g/mol. The molecule has 11 nitrogen and oxygen atoms in total. The molecule has 0 amide bonds. The van der Waals surface area contributed by atoms with Crippen molar-refractivity contribution in [1.82, 2.24) is 23.9 Å². The minimum absolute atomic E-state index is 0.130. The van der Waals surface area contributed by atoms with E-state index in [4.69, 9.17) is 4.42 Å². The van der Waals surface area contributed by atoms with Crippen LogP contribution >= 0.6 is 15.9 Å². The largest absolute Gasteiger partial charge is 0.419 e. The number of nitro benzene ring substituents is 1. The lowest BCUT2D eigenvalue weighted by molar-refractivity contribution is -0.384. The van der Waals surface area contributed by atoms with E-state index < -0.39 is 10.7 Å². The summed E-state index contributed by atoms with van der Waals surface area (Å²) in [6.07, 6.45) is 1.85. The Hall–Kier alpha value is -3.28. The smallest absolute Gasteiger partial charge is 0.408 e. The summed E-state index contributed by atoms with van der Waals surface area (Å²) >= 11 is 3.26. The highest BCUT2D eigenvalue weighted by atomic mass is 79.9. The van der Waals surface area contributed by atoms with Gasteiger partial charge >= 0.3 is 5.76 Å². The van der Waals surface area contributed by atoms with Crippen molar-refractivity contribution in [3.8, 4) is 0 Å². The van der Waals surface area contributed by atoms with Crippen molar-refractivity contribution >= 4 is 43.8 Å². The number of hydrogen-bond acceptors (Lipinski definition) is 7. The summed E-state index contributed by atoms with van der Waals surface area (Å²) in [5.74, 6) is -0.605. The van der Waals surface area contributed by atoms with Gasteiger partial charge in [0.25, 0.3) is 11.2 Å². The Kier molecular flexibility index (Phi) is 4.34. The van der Waals surface area contributed by atoms with E-state index in [2.05, 4.69) is 26.0 Å². The lowest BCUT2D eigenvalue weighted by Crippen LogP contribution is -2.22. The number of rotatable bonds is 5. The Morgan fingerprint density at radius 3 is 2.82 bits per heavy atom. The van der Waals surface area contributed by atoms with Crippen LogP contribution in [-0.4, -0.2) is 28.8 Å². The fraction of sp³-hybridized carbons (Fsp3) is 0.250. The molecule has 0 N–H and O–H groups in total. The summed E-state index contributed by atoms with van der Waals surface area (Å²) in [4.78, 5) is 39.4. The van der Waals surface area contributed by atoms with Crippen LogP contribution < -0.4 is 11.3 Å². The average Bonchev–Trinajstić information content (AvgIpc) is 3.12. The van der Waals surface area contributed by atoms with Gasteiger partial charge in [0, 0.05) is 32.3 Å². The van der Waals surface area contributed by atoms with Crippen LogP contribution in [-0.2, 0) is 20.1 Å². The first-order valence-corrected chi connectivity index (χ1v) is 9.01. The number of aryl methyl sites for hydroxylation is 3. The second kappa shape index (κ2) is 6.71. The summed E-state index contributed by atoms with van der Waals surface area (Å²) in [6.45, 7) is 0.531. The Balaban J connectivity index is 1.61. The van der Waals surface area contributed by atoms with Gasteiger partial charge in [-0.1, -0.05) is 0 Å². The molecule has 1 aromatic carbocycles.